The summed E-state index contributed by atoms with van der Waals surface area (Å²) in [7, 11) is 0. The molecule has 0 spiro atoms. The van der Waals surface area contributed by atoms with E-state index in [1.165, 1.54) is 6.20 Å². The van der Waals surface area contributed by atoms with E-state index in [0.29, 0.717) is 16.8 Å². The average Bonchev–Trinajstić information content (AvgIpc) is 2.35. The van der Waals surface area contributed by atoms with Gasteiger partial charge in [-0.3, -0.25) is 5.43 Å². The first-order valence-corrected chi connectivity index (χ1v) is 6.71. The normalized spacial score (nSPS) is 10.4. The van der Waals surface area contributed by atoms with Crippen molar-refractivity contribution in [2.45, 2.75) is 13.8 Å². The molecule has 19 heavy (non-hydrogen) atoms. The Labute approximate surface area is 124 Å². The van der Waals surface area contributed by atoms with E-state index in [9.17, 15) is 0 Å². The number of hydrogen-bond acceptors (Lipinski definition) is 5. The number of aromatic nitrogens is 2. The van der Waals surface area contributed by atoms with Gasteiger partial charge in [0.05, 0.1) is 6.20 Å². The summed E-state index contributed by atoms with van der Waals surface area (Å²) in [5.41, 5.74) is 5.53. The van der Waals surface area contributed by atoms with E-state index < -0.39 is 0 Å². The summed E-state index contributed by atoms with van der Waals surface area (Å²) in [6, 6.07) is 4.04. The second-order valence-corrected chi connectivity index (χ2v) is 5.40. The number of nitrogen functional groups attached to an aromatic ring is 1. The van der Waals surface area contributed by atoms with Crippen molar-refractivity contribution in [2.75, 3.05) is 10.7 Å². The second-order valence-electron chi connectivity index (χ2n) is 4.07. The molecule has 0 radical (unpaired) electrons. The zero-order valence-corrected chi connectivity index (χ0v) is 12.8. The van der Waals surface area contributed by atoms with Crippen LogP contribution in [-0.2, 0) is 0 Å². The van der Waals surface area contributed by atoms with E-state index in [1.54, 1.807) is 0 Å². The van der Waals surface area contributed by atoms with Crippen LogP contribution in [0.4, 0.5) is 17.5 Å². The number of nitrogens with two attached hydrogens (primary N) is 1. The molecule has 0 saturated heterocycles. The molecule has 2 rings (SSSR count). The largest absolute Gasteiger partial charge is 0.338 e. The quantitative estimate of drug-likeness (QED) is 0.587. The summed E-state index contributed by atoms with van der Waals surface area (Å²) >= 11 is 9.54. The highest BCUT2D eigenvalue weighted by molar-refractivity contribution is 9.10. The number of hydrazine groups is 1. The number of nitrogens with one attached hydrogen (secondary N) is 2. The molecule has 100 valence electrons. The molecule has 5 nitrogen and oxygen atoms in total. The van der Waals surface area contributed by atoms with Crippen LogP contribution in [0.2, 0.25) is 5.02 Å². The summed E-state index contributed by atoms with van der Waals surface area (Å²) in [6.07, 6.45) is 1.50. The highest BCUT2D eigenvalue weighted by atomic mass is 79.9. The standard InChI is InChI=1S/C12H13BrClN5/c1-6-3-8(13)4-7(2)10(6)17-11-9(14)5-16-12(18-11)19-15/h3-5H,15H2,1-2H3,(H2,16,17,18,19). The van der Waals surface area contributed by atoms with Gasteiger partial charge in [-0.2, -0.15) is 4.98 Å². The van der Waals surface area contributed by atoms with Gasteiger partial charge in [-0.1, -0.05) is 27.5 Å². The van der Waals surface area contributed by atoms with Crippen LogP contribution in [0.5, 0.6) is 0 Å². The lowest BCUT2D eigenvalue weighted by atomic mass is 10.1. The molecule has 0 amide bonds. The first-order valence-electron chi connectivity index (χ1n) is 5.54. The van der Waals surface area contributed by atoms with Crippen molar-refractivity contribution < 1.29 is 0 Å². The Bertz CT molecular complexity index is 594. The number of nitrogens with zero attached hydrogens (tertiary/aromatic N) is 2. The number of halogens is 2. The van der Waals surface area contributed by atoms with Gasteiger partial charge in [-0.15, -0.1) is 0 Å². The Morgan fingerprint density at radius 3 is 2.47 bits per heavy atom. The lowest BCUT2D eigenvalue weighted by Crippen LogP contribution is -2.11. The molecule has 0 unspecified atom stereocenters. The number of anilines is 3. The Morgan fingerprint density at radius 1 is 1.26 bits per heavy atom. The maximum atomic E-state index is 6.07. The van der Waals surface area contributed by atoms with Gasteiger partial charge < -0.3 is 5.32 Å². The van der Waals surface area contributed by atoms with Gasteiger partial charge in [0, 0.05) is 10.2 Å². The molecule has 0 saturated carbocycles. The second kappa shape index (κ2) is 5.73. The maximum Gasteiger partial charge on any atom is 0.239 e. The molecule has 0 atom stereocenters. The third-order valence-electron chi connectivity index (χ3n) is 2.61. The maximum absolute atomic E-state index is 6.07. The van der Waals surface area contributed by atoms with E-state index >= 15 is 0 Å². The first-order chi connectivity index (χ1) is 9.01. The molecule has 7 heteroatoms. The fourth-order valence-corrected chi connectivity index (χ4v) is 2.58. The molecule has 1 aromatic heterocycles. The third-order valence-corrected chi connectivity index (χ3v) is 3.35. The molecule has 0 aliphatic carbocycles. The molecule has 0 aliphatic rings. The lowest BCUT2D eigenvalue weighted by molar-refractivity contribution is 1.12. The van der Waals surface area contributed by atoms with E-state index in [1.807, 2.05) is 26.0 Å². The van der Waals surface area contributed by atoms with Gasteiger partial charge in [-0.25, -0.2) is 10.8 Å². The summed E-state index contributed by atoms with van der Waals surface area (Å²) in [4.78, 5) is 8.12. The average molecular weight is 343 g/mol. The molecule has 2 aromatic rings. The van der Waals surface area contributed by atoms with Crippen molar-refractivity contribution in [3.05, 3.63) is 39.0 Å². The predicted molar refractivity (Wildman–Crippen MR) is 81.8 cm³/mol. The van der Waals surface area contributed by atoms with Gasteiger partial charge in [0.2, 0.25) is 5.95 Å². The minimum Gasteiger partial charge on any atom is -0.338 e. The molecule has 4 N–H and O–H groups in total. The van der Waals surface area contributed by atoms with Crippen LogP contribution in [0, 0.1) is 13.8 Å². The highest BCUT2D eigenvalue weighted by Gasteiger charge is 2.09. The number of rotatable bonds is 3. The predicted octanol–water partition coefficient (Wildman–Crippen LogP) is 3.54. The molecule has 1 heterocycles. The molecular weight excluding hydrogens is 330 g/mol. The van der Waals surface area contributed by atoms with Crippen LogP contribution in [-0.4, -0.2) is 9.97 Å². The van der Waals surface area contributed by atoms with Crippen LogP contribution in [0.1, 0.15) is 11.1 Å². The summed E-state index contributed by atoms with van der Waals surface area (Å²) in [6.45, 7) is 4.02. The van der Waals surface area contributed by atoms with E-state index in [-0.39, 0.29) is 0 Å². The number of hydrogen-bond donors (Lipinski definition) is 3. The number of benzene rings is 1. The monoisotopic (exact) mass is 341 g/mol. The molecule has 0 aliphatic heterocycles. The van der Waals surface area contributed by atoms with Gasteiger partial charge in [0.15, 0.2) is 5.82 Å². The molecule has 0 fully saturated rings. The Balaban J connectivity index is 2.41. The first kappa shape index (κ1) is 14.0. The minimum absolute atomic E-state index is 0.305. The van der Waals surface area contributed by atoms with Crippen LogP contribution in [0.3, 0.4) is 0 Å². The smallest absolute Gasteiger partial charge is 0.239 e. The van der Waals surface area contributed by atoms with Crippen molar-refractivity contribution in [3.8, 4) is 0 Å². The van der Waals surface area contributed by atoms with Gasteiger partial charge in [-0.05, 0) is 37.1 Å². The Morgan fingerprint density at radius 2 is 1.89 bits per heavy atom. The van der Waals surface area contributed by atoms with E-state index in [4.69, 9.17) is 17.4 Å². The summed E-state index contributed by atoms with van der Waals surface area (Å²) in [5, 5.41) is 3.64. The SMILES string of the molecule is Cc1cc(Br)cc(C)c1Nc1nc(NN)ncc1Cl. The fourth-order valence-electron chi connectivity index (χ4n) is 1.75. The number of aryl methyl sites for hydroxylation is 2. The van der Waals surface area contributed by atoms with E-state index in [0.717, 1.165) is 21.3 Å². The summed E-state index contributed by atoms with van der Waals surface area (Å²) < 4.78 is 1.03. The third kappa shape index (κ3) is 3.15. The summed E-state index contributed by atoms with van der Waals surface area (Å²) in [5.74, 6) is 6.11. The van der Waals surface area contributed by atoms with Crippen molar-refractivity contribution in [1.29, 1.82) is 0 Å². The highest BCUT2D eigenvalue weighted by Crippen LogP contribution is 2.30. The lowest BCUT2D eigenvalue weighted by Gasteiger charge is -2.14. The van der Waals surface area contributed by atoms with Crippen LogP contribution in [0.15, 0.2) is 22.8 Å². The topological polar surface area (TPSA) is 75.9 Å². The van der Waals surface area contributed by atoms with Gasteiger partial charge in [0.25, 0.3) is 0 Å². The van der Waals surface area contributed by atoms with Crippen LogP contribution >= 0.6 is 27.5 Å². The van der Waals surface area contributed by atoms with E-state index in [2.05, 4.69) is 36.6 Å². The fraction of sp³-hybridized carbons (Fsp3) is 0.167. The zero-order valence-electron chi connectivity index (χ0n) is 10.5. The molecule has 0 bridgehead atoms. The van der Waals surface area contributed by atoms with Crippen molar-refractivity contribution in [2.24, 2.45) is 5.84 Å². The van der Waals surface area contributed by atoms with Gasteiger partial charge in [0.1, 0.15) is 5.02 Å². The van der Waals surface area contributed by atoms with Gasteiger partial charge >= 0.3 is 0 Å². The van der Waals surface area contributed by atoms with Crippen LogP contribution in [0.25, 0.3) is 0 Å². The van der Waals surface area contributed by atoms with Crippen molar-refractivity contribution in [1.82, 2.24) is 9.97 Å². The zero-order chi connectivity index (χ0) is 14.0. The van der Waals surface area contributed by atoms with Crippen LogP contribution < -0.4 is 16.6 Å². The molecular formula is C12H13BrClN5. The minimum atomic E-state index is 0.305. The van der Waals surface area contributed by atoms with Crippen molar-refractivity contribution in [3.63, 3.8) is 0 Å². The van der Waals surface area contributed by atoms with Crippen molar-refractivity contribution >= 4 is 45.0 Å². The molecule has 1 aromatic carbocycles. The Hall–Kier alpha value is -1.37. The Kier molecular flexibility index (Phi) is 4.24.